The predicted molar refractivity (Wildman–Crippen MR) is 76.9 cm³/mol. The van der Waals surface area contributed by atoms with Crippen LogP contribution < -0.4 is 15.4 Å². The topological polar surface area (TPSA) is 33.3 Å². The van der Waals surface area contributed by atoms with Crippen molar-refractivity contribution in [3.63, 3.8) is 0 Å². The van der Waals surface area contributed by atoms with Gasteiger partial charge in [-0.1, -0.05) is 11.6 Å². The largest absolute Gasteiger partial charge is 0.495 e. The number of anilines is 1. The van der Waals surface area contributed by atoms with Crippen molar-refractivity contribution in [2.45, 2.75) is 38.8 Å². The van der Waals surface area contributed by atoms with Crippen molar-refractivity contribution in [2.75, 3.05) is 19.0 Å². The molecule has 0 bridgehead atoms. The Kier molecular flexibility index (Phi) is 3.74. The van der Waals surface area contributed by atoms with Gasteiger partial charge in [0.25, 0.3) is 0 Å². The molecule has 18 heavy (non-hydrogen) atoms. The van der Waals surface area contributed by atoms with Crippen molar-refractivity contribution in [3.8, 4) is 5.75 Å². The number of ether oxygens (including phenoxy) is 1. The van der Waals surface area contributed by atoms with E-state index in [-0.39, 0.29) is 5.54 Å². The number of benzene rings is 1. The third kappa shape index (κ3) is 2.90. The summed E-state index contributed by atoms with van der Waals surface area (Å²) in [6, 6.07) is 4.33. The molecule has 0 amide bonds. The second-order valence-electron chi connectivity index (χ2n) is 5.61. The minimum atomic E-state index is 0.194. The minimum absolute atomic E-state index is 0.194. The van der Waals surface area contributed by atoms with E-state index in [9.17, 15) is 0 Å². The fraction of sp³-hybridized carbons (Fsp3) is 0.571. The van der Waals surface area contributed by atoms with Crippen molar-refractivity contribution < 1.29 is 4.74 Å². The molecule has 2 N–H and O–H groups in total. The molecule has 0 radical (unpaired) electrons. The number of aryl methyl sites for hydroxylation is 1. The molecule has 1 saturated heterocycles. The van der Waals surface area contributed by atoms with E-state index in [1.807, 2.05) is 19.1 Å². The monoisotopic (exact) mass is 268 g/mol. The van der Waals surface area contributed by atoms with E-state index >= 15 is 0 Å². The van der Waals surface area contributed by atoms with Gasteiger partial charge in [0, 0.05) is 23.1 Å². The molecular weight excluding hydrogens is 248 g/mol. The summed E-state index contributed by atoms with van der Waals surface area (Å²) in [6.45, 7) is 7.37. The average Bonchev–Trinajstić information content (AvgIpc) is 2.63. The van der Waals surface area contributed by atoms with Crippen LogP contribution in [0.5, 0.6) is 5.75 Å². The van der Waals surface area contributed by atoms with Gasteiger partial charge >= 0.3 is 0 Å². The molecule has 0 aliphatic carbocycles. The van der Waals surface area contributed by atoms with E-state index in [0.717, 1.165) is 35.0 Å². The molecule has 0 saturated carbocycles. The van der Waals surface area contributed by atoms with E-state index in [4.69, 9.17) is 16.3 Å². The smallest absolute Gasteiger partial charge is 0.142 e. The van der Waals surface area contributed by atoms with Crippen molar-refractivity contribution in [1.82, 2.24) is 5.32 Å². The molecule has 100 valence electrons. The van der Waals surface area contributed by atoms with E-state index in [1.165, 1.54) is 0 Å². The van der Waals surface area contributed by atoms with Crippen molar-refractivity contribution in [1.29, 1.82) is 0 Å². The maximum Gasteiger partial charge on any atom is 0.142 e. The normalized spacial score (nSPS) is 21.9. The van der Waals surface area contributed by atoms with Gasteiger partial charge < -0.3 is 15.4 Å². The molecule has 3 nitrogen and oxygen atoms in total. The standard InChI is InChI=1S/C14H21ClN2O/c1-9-5-13(18-4)12(6-11(9)15)17-10-7-14(2,3)16-8-10/h5-6,10,16-17H,7-8H2,1-4H3. The lowest BCUT2D eigenvalue weighted by molar-refractivity contribution is 0.415. The first-order valence-corrected chi connectivity index (χ1v) is 6.65. The lowest BCUT2D eigenvalue weighted by Gasteiger charge is -2.19. The molecule has 1 aliphatic heterocycles. The van der Waals surface area contributed by atoms with Crippen LogP contribution in [0.2, 0.25) is 5.02 Å². The Bertz CT molecular complexity index is 446. The highest BCUT2D eigenvalue weighted by Crippen LogP contribution is 2.32. The van der Waals surface area contributed by atoms with Crippen molar-refractivity contribution in [2.24, 2.45) is 0 Å². The van der Waals surface area contributed by atoms with Crippen LogP contribution in [0, 0.1) is 6.92 Å². The first kappa shape index (κ1) is 13.5. The zero-order valence-electron chi connectivity index (χ0n) is 11.4. The highest BCUT2D eigenvalue weighted by Gasteiger charge is 2.30. The number of methoxy groups -OCH3 is 1. The van der Waals surface area contributed by atoms with Crippen LogP contribution in [-0.2, 0) is 0 Å². The van der Waals surface area contributed by atoms with E-state index in [0.29, 0.717) is 6.04 Å². The zero-order valence-corrected chi connectivity index (χ0v) is 12.2. The summed E-state index contributed by atoms with van der Waals surface area (Å²) in [5.74, 6) is 0.849. The molecule has 1 unspecified atom stereocenters. The van der Waals surface area contributed by atoms with Gasteiger partial charge in [0.2, 0.25) is 0 Å². The van der Waals surface area contributed by atoms with E-state index in [2.05, 4.69) is 24.5 Å². The van der Waals surface area contributed by atoms with Crippen molar-refractivity contribution >= 4 is 17.3 Å². The fourth-order valence-electron chi connectivity index (χ4n) is 2.42. The number of halogens is 1. The summed E-state index contributed by atoms with van der Waals surface area (Å²) in [4.78, 5) is 0. The Morgan fingerprint density at radius 3 is 2.72 bits per heavy atom. The van der Waals surface area contributed by atoms with Gasteiger partial charge in [-0.2, -0.15) is 0 Å². The lowest BCUT2D eigenvalue weighted by Crippen LogP contribution is -2.31. The summed E-state index contributed by atoms with van der Waals surface area (Å²) in [6.07, 6.45) is 1.08. The van der Waals surface area contributed by atoms with Crippen LogP contribution in [0.1, 0.15) is 25.8 Å². The predicted octanol–water partition coefficient (Wildman–Crippen LogP) is 3.21. The van der Waals surface area contributed by atoms with Crippen LogP contribution in [0.25, 0.3) is 0 Å². The maximum atomic E-state index is 6.17. The van der Waals surface area contributed by atoms with Gasteiger partial charge in [-0.05, 0) is 44.9 Å². The van der Waals surface area contributed by atoms with Crippen LogP contribution in [0.15, 0.2) is 12.1 Å². The molecule has 1 aromatic rings. The van der Waals surface area contributed by atoms with Gasteiger partial charge in [-0.3, -0.25) is 0 Å². The van der Waals surface area contributed by atoms with Crippen LogP contribution in [0.4, 0.5) is 5.69 Å². The molecule has 1 heterocycles. The van der Waals surface area contributed by atoms with E-state index < -0.39 is 0 Å². The van der Waals surface area contributed by atoms with Gasteiger partial charge in [0.05, 0.1) is 12.8 Å². The maximum absolute atomic E-state index is 6.17. The van der Waals surface area contributed by atoms with Crippen molar-refractivity contribution in [3.05, 3.63) is 22.7 Å². The fourth-order valence-corrected chi connectivity index (χ4v) is 2.58. The first-order chi connectivity index (χ1) is 8.41. The Balaban J connectivity index is 2.16. The minimum Gasteiger partial charge on any atom is -0.495 e. The molecule has 2 rings (SSSR count). The molecule has 0 spiro atoms. The second-order valence-corrected chi connectivity index (χ2v) is 6.02. The first-order valence-electron chi connectivity index (χ1n) is 6.27. The number of rotatable bonds is 3. The second kappa shape index (κ2) is 4.98. The summed E-state index contributed by atoms with van der Waals surface area (Å²) in [7, 11) is 1.69. The molecule has 1 atom stereocenters. The Hall–Kier alpha value is -0.930. The van der Waals surface area contributed by atoms with Crippen LogP contribution >= 0.6 is 11.6 Å². The quantitative estimate of drug-likeness (QED) is 0.883. The van der Waals surface area contributed by atoms with Crippen LogP contribution in [0.3, 0.4) is 0 Å². The average molecular weight is 269 g/mol. The molecule has 4 heteroatoms. The lowest BCUT2D eigenvalue weighted by atomic mass is 10.0. The van der Waals surface area contributed by atoms with E-state index in [1.54, 1.807) is 7.11 Å². The highest BCUT2D eigenvalue weighted by molar-refractivity contribution is 6.31. The Labute approximate surface area is 114 Å². The molecule has 1 aliphatic rings. The number of nitrogens with one attached hydrogen (secondary N) is 2. The van der Waals surface area contributed by atoms with Gasteiger partial charge in [0.15, 0.2) is 0 Å². The Morgan fingerprint density at radius 1 is 1.44 bits per heavy atom. The SMILES string of the molecule is COc1cc(C)c(Cl)cc1NC1CNC(C)(C)C1. The van der Waals surface area contributed by atoms with Gasteiger partial charge in [-0.15, -0.1) is 0 Å². The van der Waals surface area contributed by atoms with Crippen LogP contribution in [-0.4, -0.2) is 25.2 Å². The summed E-state index contributed by atoms with van der Waals surface area (Å²) in [5.41, 5.74) is 2.20. The third-order valence-corrected chi connectivity index (χ3v) is 3.83. The summed E-state index contributed by atoms with van der Waals surface area (Å²) >= 11 is 6.17. The number of hydrogen-bond donors (Lipinski definition) is 2. The van der Waals surface area contributed by atoms with Gasteiger partial charge in [0.1, 0.15) is 5.75 Å². The highest BCUT2D eigenvalue weighted by atomic mass is 35.5. The van der Waals surface area contributed by atoms with Gasteiger partial charge in [-0.25, -0.2) is 0 Å². The molecule has 1 aromatic carbocycles. The third-order valence-electron chi connectivity index (χ3n) is 3.42. The zero-order chi connectivity index (χ0) is 13.3. The molecule has 0 aromatic heterocycles. The molecular formula is C14H21ClN2O. The Morgan fingerprint density at radius 2 is 2.17 bits per heavy atom. The summed E-state index contributed by atoms with van der Waals surface area (Å²) in [5, 5.41) is 7.77. The number of hydrogen-bond acceptors (Lipinski definition) is 3. The summed E-state index contributed by atoms with van der Waals surface area (Å²) < 4.78 is 5.40. The molecule has 1 fully saturated rings.